The minimum atomic E-state index is -3.96. The highest BCUT2D eigenvalue weighted by Gasteiger charge is 2.30. The number of aryl methyl sites for hydroxylation is 3. The first kappa shape index (κ1) is 26.1. The van der Waals surface area contributed by atoms with Crippen molar-refractivity contribution in [2.75, 3.05) is 23.7 Å². The number of ether oxygens (including phenoxy) is 1. The van der Waals surface area contributed by atoms with Gasteiger partial charge in [0.05, 0.1) is 5.75 Å². The maximum Gasteiger partial charge on any atom is 0.282 e. The second-order valence-electron chi connectivity index (χ2n) is 8.78. The zero-order valence-electron chi connectivity index (χ0n) is 20.2. The summed E-state index contributed by atoms with van der Waals surface area (Å²) >= 11 is 0. The highest BCUT2D eigenvalue weighted by Crippen LogP contribution is 2.32. The van der Waals surface area contributed by atoms with Crippen molar-refractivity contribution in [1.82, 2.24) is 19.5 Å². The van der Waals surface area contributed by atoms with E-state index >= 15 is 0 Å². The molecule has 1 aliphatic heterocycles. The number of anilines is 1. The van der Waals surface area contributed by atoms with E-state index in [9.17, 15) is 18.3 Å². The highest BCUT2D eigenvalue weighted by atomic mass is 32.2. The molecule has 3 heterocycles. The summed E-state index contributed by atoms with van der Waals surface area (Å²) in [5.74, 6) is 0.162. The van der Waals surface area contributed by atoms with Gasteiger partial charge >= 0.3 is 0 Å². The molecule has 1 saturated heterocycles. The Balaban J connectivity index is 1.92. The Bertz CT molecular complexity index is 1110. The predicted molar refractivity (Wildman–Crippen MR) is 130 cm³/mol. The van der Waals surface area contributed by atoms with Crippen LogP contribution in [0.15, 0.2) is 17.2 Å². The van der Waals surface area contributed by atoms with Crippen molar-refractivity contribution in [3.05, 3.63) is 40.0 Å². The average Bonchev–Trinajstić information content (AvgIpc) is 2.83. The van der Waals surface area contributed by atoms with Crippen LogP contribution >= 0.6 is 0 Å². The van der Waals surface area contributed by atoms with Crippen LogP contribution in [0.3, 0.4) is 0 Å². The first-order valence-corrected chi connectivity index (χ1v) is 13.6. The molecular weight excluding hydrogens is 458 g/mol. The fourth-order valence-electron chi connectivity index (χ4n) is 4.32. The van der Waals surface area contributed by atoms with Crippen LogP contribution in [0.4, 0.5) is 5.69 Å². The van der Waals surface area contributed by atoms with Crippen LogP contribution in [0, 0.1) is 12.8 Å². The minimum absolute atomic E-state index is 0.0756. The molecule has 0 saturated carbocycles. The van der Waals surface area contributed by atoms with Crippen molar-refractivity contribution in [3.8, 4) is 5.88 Å². The van der Waals surface area contributed by atoms with Gasteiger partial charge in [-0.1, -0.05) is 20.3 Å². The summed E-state index contributed by atoms with van der Waals surface area (Å²) in [5.41, 5.74) is -0.0952. The summed E-state index contributed by atoms with van der Waals surface area (Å²) in [7, 11) is -3.96. The molecule has 188 valence electrons. The quantitative estimate of drug-likeness (QED) is 0.488. The molecular formula is C23H35N5O5S. The number of nitrogens with zero attached hydrogens (tertiary/aromatic N) is 4. The van der Waals surface area contributed by atoms with E-state index < -0.39 is 27.1 Å². The van der Waals surface area contributed by atoms with E-state index in [0.717, 1.165) is 31.2 Å². The Kier molecular flexibility index (Phi) is 9.01. The number of nitrogens with one attached hydrogen (secondary N) is 1. The molecule has 1 aliphatic rings. The van der Waals surface area contributed by atoms with Gasteiger partial charge in [-0.15, -0.1) is 0 Å². The molecule has 0 spiro atoms. The molecule has 1 atom stereocenters. The van der Waals surface area contributed by atoms with Crippen LogP contribution < -0.4 is 10.3 Å². The lowest BCUT2D eigenvalue weighted by atomic mass is 9.89. The third kappa shape index (κ3) is 6.53. The number of rotatable bonds is 11. The molecule has 0 aliphatic carbocycles. The molecule has 2 aromatic rings. The molecule has 34 heavy (non-hydrogen) atoms. The molecule has 2 N–H and O–H groups in total. The van der Waals surface area contributed by atoms with E-state index in [1.807, 2.05) is 20.8 Å². The second kappa shape index (κ2) is 11.7. The summed E-state index contributed by atoms with van der Waals surface area (Å²) in [6.07, 6.45) is 7.86. The Hall–Kier alpha value is -2.53. The van der Waals surface area contributed by atoms with Gasteiger partial charge in [0.2, 0.25) is 15.9 Å². The topological polar surface area (TPSA) is 136 Å². The molecule has 0 unspecified atom stereocenters. The number of sulfonamides is 1. The highest BCUT2D eigenvalue weighted by molar-refractivity contribution is 7.92. The number of aromatic hydroxyl groups is 1. The molecule has 0 bridgehead atoms. The maximum absolute atomic E-state index is 13.6. The van der Waals surface area contributed by atoms with Crippen LogP contribution in [0.25, 0.3) is 0 Å². The van der Waals surface area contributed by atoms with E-state index in [-0.39, 0.29) is 24.1 Å². The Morgan fingerprint density at radius 3 is 2.50 bits per heavy atom. The summed E-state index contributed by atoms with van der Waals surface area (Å²) < 4.78 is 34.9. The summed E-state index contributed by atoms with van der Waals surface area (Å²) in [4.78, 5) is 26.1. The van der Waals surface area contributed by atoms with Crippen molar-refractivity contribution < 1.29 is 18.3 Å². The maximum atomic E-state index is 13.6. The molecule has 0 amide bonds. The van der Waals surface area contributed by atoms with E-state index in [2.05, 4.69) is 19.7 Å². The van der Waals surface area contributed by atoms with E-state index in [1.54, 1.807) is 17.0 Å². The van der Waals surface area contributed by atoms with Crippen LogP contribution in [0.1, 0.15) is 69.2 Å². The van der Waals surface area contributed by atoms with Crippen molar-refractivity contribution in [3.63, 3.8) is 0 Å². The third-order valence-electron chi connectivity index (χ3n) is 6.17. The normalized spacial score (nSPS) is 15.9. The van der Waals surface area contributed by atoms with Crippen LogP contribution in [0.5, 0.6) is 5.88 Å². The number of aromatic nitrogens is 4. The predicted octanol–water partition coefficient (Wildman–Crippen LogP) is 2.75. The second-order valence-corrected chi connectivity index (χ2v) is 10.6. The fourth-order valence-corrected chi connectivity index (χ4v) is 5.36. The molecule has 1 fully saturated rings. The molecule has 10 nitrogen and oxygen atoms in total. The van der Waals surface area contributed by atoms with Crippen molar-refractivity contribution in [1.29, 1.82) is 0 Å². The van der Waals surface area contributed by atoms with E-state index in [1.165, 1.54) is 0 Å². The van der Waals surface area contributed by atoms with Crippen LogP contribution in [0.2, 0.25) is 0 Å². The molecule has 0 aromatic carbocycles. The summed E-state index contributed by atoms with van der Waals surface area (Å²) in [6.45, 7) is 7.16. The summed E-state index contributed by atoms with van der Waals surface area (Å²) in [5, 5.41) is 10.5. The number of unbranched alkanes of at least 4 members (excludes halogenated alkanes) is 1. The lowest BCUT2D eigenvalue weighted by Crippen LogP contribution is -2.37. The lowest BCUT2D eigenvalue weighted by Gasteiger charge is -2.32. The van der Waals surface area contributed by atoms with E-state index in [0.29, 0.717) is 37.7 Å². The van der Waals surface area contributed by atoms with Gasteiger partial charge in [-0.2, -0.15) is 4.98 Å². The first-order valence-electron chi connectivity index (χ1n) is 12.0. The summed E-state index contributed by atoms with van der Waals surface area (Å²) in [6, 6.07) is -0.152. The van der Waals surface area contributed by atoms with Gasteiger partial charge in [0, 0.05) is 44.5 Å². The zero-order chi connectivity index (χ0) is 24.7. The molecule has 2 aromatic heterocycles. The molecule has 11 heteroatoms. The van der Waals surface area contributed by atoms with Crippen molar-refractivity contribution in [2.45, 2.75) is 71.8 Å². The SMILES string of the molecule is CCCCc1nc(O)c(NS(=O)(=O)CCc2ncc(C)cn2)c(=O)n1[C@H](CC)C1CCOCC1. The Labute approximate surface area is 200 Å². The minimum Gasteiger partial charge on any atom is -0.492 e. The van der Waals surface area contributed by atoms with Crippen LogP contribution in [-0.4, -0.2) is 52.0 Å². The molecule has 3 rings (SSSR count). The van der Waals surface area contributed by atoms with Gasteiger partial charge in [0.15, 0.2) is 5.69 Å². The monoisotopic (exact) mass is 493 g/mol. The fraction of sp³-hybridized carbons (Fsp3) is 0.652. The Morgan fingerprint density at radius 2 is 1.88 bits per heavy atom. The van der Waals surface area contributed by atoms with Crippen LogP contribution in [-0.2, 0) is 27.6 Å². The third-order valence-corrected chi connectivity index (χ3v) is 7.43. The first-order chi connectivity index (χ1) is 16.3. The molecule has 0 radical (unpaired) electrons. The van der Waals surface area contributed by atoms with Crippen molar-refractivity contribution in [2.24, 2.45) is 5.92 Å². The lowest BCUT2D eigenvalue weighted by molar-refractivity contribution is 0.0466. The van der Waals surface area contributed by atoms with E-state index in [4.69, 9.17) is 4.74 Å². The van der Waals surface area contributed by atoms with Gasteiger partial charge in [0.1, 0.15) is 11.6 Å². The standard InChI is InChI=1S/C23H35N5O5S/c1-4-6-7-20-26-22(29)21(23(30)28(20)18(5-2)17-8-11-33-12-9-17)27-34(31,32)13-10-19-24-14-16(3)15-25-19/h14-15,17-18,27,29H,4-13H2,1-3H3/t18-/m1/s1. The van der Waals surface area contributed by atoms with Gasteiger partial charge in [-0.25, -0.2) is 18.4 Å². The number of hydrogen-bond acceptors (Lipinski definition) is 8. The zero-order valence-corrected chi connectivity index (χ0v) is 21.0. The smallest absolute Gasteiger partial charge is 0.282 e. The van der Waals surface area contributed by atoms with Gasteiger partial charge in [0.25, 0.3) is 5.56 Å². The van der Waals surface area contributed by atoms with Gasteiger partial charge in [-0.05, 0) is 44.1 Å². The number of hydrogen-bond donors (Lipinski definition) is 2. The Morgan fingerprint density at radius 1 is 1.21 bits per heavy atom. The largest absolute Gasteiger partial charge is 0.492 e. The van der Waals surface area contributed by atoms with Gasteiger partial charge < -0.3 is 9.84 Å². The average molecular weight is 494 g/mol. The van der Waals surface area contributed by atoms with Gasteiger partial charge in [-0.3, -0.25) is 14.1 Å². The van der Waals surface area contributed by atoms with Crippen molar-refractivity contribution >= 4 is 15.7 Å².